The number of carbonyl (C=O) groups is 1. The van der Waals surface area contributed by atoms with Gasteiger partial charge >= 0.3 is 6.09 Å². The smallest absolute Gasteiger partial charge is 0.410 e. The predicted molar refractivity (Wildman–Crippen MR) is 49.8 cm³/mol. The van der Waals surface area contributed by atoms with Gasteiger partial charge in [-0.05, 0) is 11.4 Å². The minimum absolute atomic E-state index is 0.177. The van der Waals surface area contributed by atoms with Crippen LogP contribution in [0.25, 0.3) is 0 Å². The molecule has 1 fully saturated rings. The summed E-state index contributed by atoms with van der Waals surface area (Å²) >= 11 is 1.26. The van der Waals surface area contributed by atoms with Crippen molar-refractivity contribution in [2.75, 3.05) is 13.2 Å². The molecule has 0 spiro atoms. The molecule has 2 N–H and O–H groups in total. The van der Waals surface area contributed by atoms with Crippen molar-refractivity contribution in [1.82, 2.24) is 0 Å². The zero-order valence-electron chi connectivity index (χ0n) is 7.26. The van der Waals surface area contributed by atoms with Crippen LogP contribution in [0.5, 0.6) is 10.8 Å². The molecule has 1 atom stereocenters. The molecule has 1 aromatic rings. The Kier molecular flexibility index (Phi) is 2.55. The lowest BCUT2D eigenvalue weighted by Crippen LogP contribution is -2.16. The molecule has 0 bridgehead atoms. The highest BCUT2D eigenvalue weighted by Gasteiger charge is 2.24. The Labute approximate surface area is 84.4 Å². The Bertz CT molecular complexity index is 334. The molecule has 76 valence electrons. The molecule has 6 heteroatoms. The quantitative estimate of drug-likeness (QED) is 0.760. The number of carbonyl (C=O) groups excluding carboxylic acids is 1. The lowest BCUT2D eigenvalue weighted by Gasteiger charge is -2.03. The highest BCUT2D eigenvalue weighted by molar-refractivity contribution is 7.12. The van der Waals surface area contributed by atoms with E-state index in [-0.39, 0.29) is 6.10 Å². The van der Waals surface area contributed by atoms with Crippen LogP contribution in [0, 0.1) is 0 Å². The van der Waals surface area contributed by atoms with Gasteiger partial charge in [-0.1, -0.05) is 0 Å². The first kappa shape index (κ1) is 9.29. The average molecular weight is 215 g/mol. The third-order valence-corrected chi connectivity index (χ3v) is 2.39. The van der Waals surface area contributed by atoms with Crippen LogP contribution in [0.3, 0.4) is 0 Å². The molecule has 1 unspecified atom stereocenters. The second-order valence-corrected chi connectivity index (χ2v) is 3.64. The van der Waals surface area contributed by atoms with E-state index in [9.17, 15) is 4.79 Å². The van der Waals surface area contributed by atoms with E-state index in [1.165, 1.54) is 11.3 Å². The SMILES string of the molecule is NC(=O)Oc1sccc1OCC1CO1. The summed E-state index contributed by atoms with van der Waals surface area (Å²) in [4.78, 5) is 10.5. The van der Waals surface area contributed by atoms with Crippen LogP contribution in [0.15, 0.2) is 11.4 Å². The number of epoxide rings is 1. The van der Waals surface area contributed by atoms with E-state index in [1.807, 2.05) is 0 Å². The second-order valence-electron chi connectivity index (χ2n) is 2.76. The first-order valence-electron chi connectivity index (χ1n) is 4.05. The topological polar surface area (TPSA) is 74.1 Å². The van der Waals surface area contributed by atoms with Gasteiger partial charge in [0.15, 0.2) is 5.75 Å². The summed E-state index contributed by atoms with van der Waals surface area (Å²) in [5, 5.41) is 2.15. The first-order valence-corrected chi connectivity index (χ1v) is 4.93. The molecule has 0 aliphatic carbocycles. The van der Waals surface area contributed by atoms with Gasteiger partial charge in [0.1, 0.15) is 12.7 Å². The van der Waals surface area contributed by atoms with Gasteiger partial charge in [0.05, 0.1) is 6.61 Å². The molecule has 1 aromatic heterocycles. The van der Waals surface area contributed by atoms with Crippen LogP contribution in [-0.2, 0) is 4.74 Å². The maximum atomic E-state index is 10.5. The minimum atomic E-state index is -0.833. The number of hydrogen-bond donors (Lipinski definition) is 1. The number of rotatable bonds is 4. The third-order valence-electron chi connectivity index (χ3n) is 1.62. The van der Waals surface area contributed by atoms with Gasteiger partial charge in [0.2, 0.25) is 5.06 Å². The molecule has 1 aliphatic heterocycles. The van der Waals surface area contributed by atoms with Gasteiger partial charge in [-0.3, -0.25) is 0 Å². The van der Waals surface area contributed by atoms with Crippen molar-refractivity contribution in [3.8, 4) is 10.8 Å². The summed E-state index contributed by atoms with van der Waals surface area (Å²) < 4.78 is 15.1. The molecule has 0 aromatic carbocycles. The minimum Gasteiger partial charge on any atom is -0.486 e. The van der Waals surface area contributed by atoms with Gasteiger partial charge in [0.25, 0.3) is 0 Å². The number of hydrogen-bond acceptors (Lipinski definition) is 5. The van der Waals surface area contributed by atoms with Crippen molar-refractivity contribution in [3.05, 3.63) is 11.4 Å². The summed E-state index contributed by atoms with van der Waals surface area (Å²) in [6, 6.07) is 1.73. The molecule has 0 radical (unpaired) electrons. The number of ether oxygens (including phenoxy) is 3. The van der Waals surface area contributed by atoms with Crippen molar-refractivity contribution in [2.24, 2.45) is 5.73 Å². The van der Waals surface area contributed by atoms with Crippen LogP contribution < -0.4 is 15.2 Å². The summed E-state index contributed by atoms with van der Waals surface area (Å²) in [6.07, 6.45) is -0.656. The molecular weight excluding hydrogens is 206 g/mol. The maximum absolute atomic E-state index is 10.5. The van der Waals surface area contributed by atoms with Gasteiger partial charge in [-0.25, -0.2) is 4.79 Å². The van der Waals surface area contributed by atoms with E-state index < -0.39 is 6.09 Å². The van der Waals surface area contributed by atoms with Crippen LogP contribution >= 0.6 is 11.3 Å². The van der Waals surface area contributed by atoms with Gasteiger partial charge in [0, 0.05) is 0 Å². The highest BCUT2D eigenvalue weighted by atomic mass is 32.1. The number of amides is 1. The summed E-state index contributed by atoms with van der Waals surface area (Å²) in [5.74, 6) is 0.532. The van der Waals surface area contributed by atoms with Crippen molar-refractivity contribution >= 4 is 17.4 Å². The molecule has 5 nitrogen and oxygen atoms in total. The second kappa shape index (κ2) is 3.85. The van der Waals surface area contributed by atoms with E-state index in [2.05, 4.69) is 0 Å². The van der Waals surface area contributed by atoms with Crippen molar-refractivity contribution in [3.63, 3.8) is 0 Å². The summed E-state index contributed by atoms with van der Waals surface area (Å²) in [6.45, 7) is 1.21. The summed E-state index contributed by atoms with van der Waals surface area (Å²) in [5.41, 5.74) is 4.89. The zero-order valence-corrected chi connectivity index (χ0v) is 8.08. The standard InChI is InChI=1S/C8H9NO4S/c9-8(10)13-7-6(1-2-14-7)12-4-5-3-11-5/h1-2,5H,3-4H2,(H2,9,10). The molecule has 0 saturated carbocycles. The lowest BCUT2D eigenvalue weighted by atomic mass is 10.5. The molecule has 1 aliphatic rings. The van der Waals surface area contributed by atoms with Crippen molar-refractivity contribution in [2.45, 2.75) is 6.10 Å². The third kappa shape index (κ3) is 2.36. The number of primary amides is 1. The fraction of sp³-hybridized carbons (Fsp3) is 0.375. The van der Waals surface area contributed by atoms with Crippen LogP contribution in [0.1, 0.15) is 0 Å². The van der Waals surface area contributed by atoms with Crippen LogP contribution in [0.4, 0.5) is 4.79 Å². The Morgan fingerprint density at radius 3 is 3.21 bits per heavy atom. The van der Waals surface area contributed by atoms with Gasteiger partial charge in [-0.15, -0.1) is 11.3 Å². The van der Waals surface area contributed by atoms with E-state index in [1.54, 1.807) is 11.4 Å². The van der Waals surface area contributed by atoms with Gasteiger partial charge in [-0.2, -0.15) is 0 Å². The van der Waals surface area contributed by atoms with Crippen LogP contribution in [0.2, 0.25) is 0 Å². The van der Waals surface area contributed by atoms with Gasteiger partial charge < -0.3 is 19.9 Å². The molecule has 1 saturated heterocycles. The van der Waals surface area contributed by atoms with E-state index in [0.29, 0.717) is 17.4 Å². The highest BCUT2D eigenvalue weighted by Crippen LogP contribution is 2.34. The predicted octanol–water partition coefficient (Wildman–Crippen LogP) is 0.983. The Balaban J connectivity index is 1.93. The van der Waals surface area contributed by atoms with Crippen molar-refractivity contribution < 1.29 is 19.0 Å². The Morgan fingerprint density at radius 2 is 2.57 bits per heavy atom. The molecular formula is C8H9NO4S. The normalized spacial score (nSPS) is 19.0. The summed E-state index contributed by atoms with van der Waals surface area (Å²) in [7, 11) is 0. The molecule has 2 heterocycles. The molecule has 14 heavy (non-hydrogen) atoms. The van der Waals surface area contributed by atoms with E-state index in [4.69, 9.17) is 19.9 Å². The number of nitrogens with two attached hydrogens (primary N) is 1. The maximum Gasteiger partial charge on any atom is 0.410 e. The molecule has 2 rings (SSSR count). The fourth-order valence-corrected chi connectivity index (χ4v) is 1.59. The Hall–Kier alpha value is -1.27. The monoisotopic (exact) mass is 215 g/mol. The van der Waals surface area contributed by atoms with Crippen molar-refractivity contribution in [1.29, 1.82) is 0 Å². The van der Waals surface area contributed by atoms with E-state index in [0.717, 1.165) is 6.61 Å². The molecule has 1 amide bonds. The Morgan fingerprint density at radius 1 is 1.79 bits per heavy atom. The van der Waals surface area contributed by atoms with E-state index >= 15 is 0 Å². The zero-order chi connectivity index (χ0) is 9.97. The average Bonchev–Trinajstić information content (AvgIpc) is 2.85. The lowest BCUT2D eigenvalue weighted by molar-refractivity contribution is 0.207. The fourth-order valence-electron chi connectivity index (χ4n) is 0.903. The number of thiophene rings is 1. The first-order chi connectivity index (χ1) is 6.75. The largest absolute Gasteiger partial charge is 0.486 e. The van der Waals surface area contributed by atoms with Crippen LogP contribution in [-0.4, -0.2) is 25.4 Å².